The number of carbonyl (C=O) groups is 2. The molecule has 4 nitrogen and oxygen atoms in total. The van der Waals surface area contributed by atoms with E-state index in [0.717, 1.165) is 11.1 Å². The van der Waals surface area contributed by atoms with Crippen molar-refractivity contribution >= 4 is 11.9 Å². The van der Waals surface area contributed by atoms with Gasteiger partial charge in [0.1, 0.15) is 6.10 Å². The van der Waals surface area contributed by atoms with Crippen LogP contribution in [-0.2, 0) is 9.53 Å². The second-order valence-electron chi connectivity index (χ2n) is 5.07. The largest absolute Gasteiger partial charge is 0.461 e. The quantitative estimate of drug-likeness (QED) is 0.863. The Labute approximate surface area is 130 Å². The van der Waals surface area contributed by atoms with Crippen LogP contribution in [0.4, 0.5) is 0 Å². The molecule has 0 aliphatic heterocycles. The highest BCUT2D eigenvalue weighted by Crippen LogP contribution is 2.19. The van der Waals surface area contributed by atoms with Gasteiger partial charge in [0.05, 0.1) is 6.54 Å². The summed E-state index contributed by atoms with van der Waals surface area (Å²) < 4.78 is 4.96. The van der Waals surface area contributed by atoms with Crippen molar-refractivity contribution in [2.75, 3.05) is 6.54 Å². The van der Waals surface area contributed by atoms with Gasteiger partial charge in [0.2, 0.25) is 0 Å². The molecule has 0 aromatic heterocycles. The summed E-state index contributed by atoms with van der Waals surface area (Å²) in [5.74, 6) is -0.535. The normalized spacial score (nSPS) is 11.5. The topological polar surface area (TPSA) is 55.4 Å². The van der Waals surface area contributed by atoms with E-state index in [0.29, 0.717) is 12.1 Å². The van der Waals surface area contributed by atoms with Gasteiger partial charge >= 0.3 is 5.97 Å². The van der Waals surface area contributed by atoms with Crippen LogP contribution in [0.2, 0.25) is 0 Å². The summed E-state index contributed by atoms with van der Waals surface area (Å²) >= 11 is 0. The molecule has 1 N–H and O–H groups in total. The fourth-order valence-corrected chi connectivity index (χ4v) is 2.11. The Morgan fingerprint density at radius 3 is 2.18 bits per heavy atom. The van der Waals surface area contributed by atoms with Gasteiger partial charge in [0.15, 0.2) is 0 Å². The van der Waals surface area contributed by atoms with Crippen molar-refractivity contribution in [3.8, 4) is 11.1 Å². The first kappa shape index (κ1) is 15.8. The first-order chi connectivity index (χ1) is 10.6. The number of esters is 1. The fourth-order valence-electron chi connectivity index (χ4n) is 2.11. The van der Waals surface area contributed by atoms with Gasteiger partial charge in [-0.1, -0.05) is 42.5 Å². The average molecular weight is 297 g/mol. The zero-order chi connectivity index (χ0) is 15.9. The van der Waals surface area contributed by atoms with E-state index in [1.165, 1.54) is 6.92 Å². The van der Waals surface area contributed by atoms with Gasteiger partial charge in [-0.2, -0.15) is 0 Å². The molecule has 2 rings (SSSR count). The van der Waals surface area contributed by atoms with Crippen molar-refractivity contribution in [2.45, 2.75) is 20.0 Å². The molecule has 0 aliphatic carbocycles. The smallest absolute Gasteiger partial charge is 0.302 e. The summed E-state index contributed by atoms with van der Waals surface area (Å²) in [6.45, 7) is 3.37. The Morgan fingerprint density at radius 2 is 1.59 bits per heavy atom. The highest BCUT2D eigenvalue weighted by molar-refractivity contribution is 5.94. The molecule has 0 unspecified atom stereocenters. The van der Waals surface area contributed by atoms with Gasteiger partial charge in [-0.3, -0.25) is 9.59 Å². The van der Waals surface area contributed by atoms with Crippen molar-refractivity contribution < 1.29 is 14.3 Å². The van der Waals surface area contributed by atoms with E-state index < -0.39 is 0 Å². The van der Waals surface area contributed by atoms with Crippen molar-refractivity contribution in [2.24, 2.45) is 0 Å². The molecule has 0 bridgehead atoms. The third kappa shape index (κ3) is 4.45. The van der Waals surface area contributed by atoms with Crippen LogP contribution in [0.3, 0.4) is 0 Å². The maximum atomic E-state index is 12.0. The number of amides is 1. The highest BCUT2D eigenvalue weighted by Gasteiger charge is 2.09. The standard InChI is InChI=1S/C18H19NO3/c1-13(22-14(2)20)12-19-18(21)17-10-8-16(9-11-17)15-6-4-3-5-7-15/h3-11,13H,12H2,1-2H3,(H,19,21)/t13-/m0/s1. The van der Waals surface area contributed by atoms with Crippen LogP contribution in [0.5, 0.6) is 0 Å². The molecule has 2 aromatic rings. The van der Waals surface area contributed by atoms with E-state index in [1.807, 2.05) is 42.5 Å². The predicted octanol–water partition coefficient (Wildman–Crippen LogP) is 3.04. The molecule has 0 aliphatic rings. The van der Waals surface area contributed by atoms with Crippen molar-refractivity contribution in [3.63, 3.8) is 0 Å². The number of ether oxygens (including phenoxy) is 1. The predicted molar refractivity (Wildman–Crippen MR) is 85.4 cm³/mol. The van der Waals surface area contributed by atoms with E-state index in [-0.39, 0.29) is 18.0 Å². The molecule has 2 aromatic carbocycles. The summed E-state index contributed by atoms with van der Waals surface area (Å²) in [5, 5.41) is 2.75. The maximum absolute atomic E-state index is 12.0. The van der Waals surface area contributed by atoms with Gasteiger partial charge in [0, 0.05) is 12.5 Å². The molecule has 0 saturated heterocycles. The molecular formula is C18H19NO3. The van der Waals surface area contributed by atoms with Gasteiger partial charge in [-0.15, -0.1) is 0 Å². The molecule has 1 amide bonds. The Bertz CT molecular complexity index is 635. The molecule has 114 valence electrons. The van der Waals surface area contributed by atoms with Crippen LogP contribution in [-0.4, -0.2) is 24.5 Å². The molecule has 0 fully saturated rings. The Kier molecular flexibility index (Phi) is 5.31. The minimum Gasteiger partial charge on any atom is -0.461 e. The highest BCUT2D eigenvalue weighted by atomic mass is 16.5. The van der Waals surface area contributed by atoms with Crippen molar-refractivity contribution in [1.29, 1.82) is 0 Å². The van der Waals surface area contributed by atoms with E-state index in [4.69, 9.17) is 4.74 Å². The zero-order valence-electron chi connectivity index (χ0n) is 12.7. The minimum atomic E-state index is -0.353. The molecule has 0 heterocycles. The van der Waals surface area contributed by atoms with Crippen LogP contribution in [0.1, 0.15) is 24.2 Å². The molecule has 4 heteroatoms. The molecule has 0 saturated carbocycles. The summed E-state index contributed by atoms with van der Waals surface area (Å²) in [7, 11) is 0. The first-order valence-electron chi connectivity index (χ1n) is 7.17. The zero-order valence-corrected chi connectivity index (χ0v) is 12.7. The summed E-state index contributed by atoms with van der Waals surface area (Å²) in [5.41, 5.74) is 2.75. The number of hydrogen-bond donors (Lipinski definition) is 1. The lowest BCUT2D eigenvalue weighted by Crippen LogP contribution is -2.32. The Hall–Kier alpha value is -2.62. The molecule has 0 spiro atoms. The van der Waals surface area contributed by atoms with Crippen LogP contribution in [0.15, 0.2) is 54.6 Å². The lowest BCUT2D eigenvalue weighted by Gasteiger charge is -2.13. The van der Waals surface area contributed by atoms with E-state index in [9.17, 15) is 9.59 Å². The Morgan fingerprint density at radius 1 is 1.00 bits per heavy atom. The molecule has 1 atom stereocenters. The van der Waals surface area contributed by atoms with Crippen LogP contribution in [0, 0.1) is 0 Å². The fraction of sp³-hybridized carbons (Fsp3) is 0.222. The van der Waals surface area contributed by atoms with Gasteiger partial charge < -0.3 is 10.1 Å². The van der Waals surface area contributed by atoms with Crippen LogP contribution in [0.25, 0.3) is 11.1 Å². The summed E-state index contributed by atoms with van der Waals surface area (Å²) in [4.78, 5) is 22.8. The van der Waals surface area contributed by atoms with E-state index in [2.05, 4.69) is 5.32 Å². The Balaban J connectivity index is 1.95. The van der Waals surface area contributed by atoms with Crippen molar-refractivity contribution in [3.05, 3.63) is 60.2 Å². The van der Waals surface area contributed by atoms with Crippen molar-refractivity contribution in [1.82, 2.24) is 5.32 Å². The average Bonchev–Trinajstić information content (AvgIpc) is 2.53. The first-order valence-corrected chi connectivity index (χ1v) is 7.17. The third-order valence-electron chi connectivity index (χ3n) is 3.17. The third-order valence-corrected chi connectivity index (χ3v) is 3.17. The number of benzene rings is 2. The summed E-state index contributed by atoms with van der Waals surface area (Å²) in [6.07, 6.45) is -0.343. The van der Waals surface area contributed by atoms with E-state index >= 15 is 0 Å². The van der Waals surface area contributed by atoms with Gasteiger partial charge in [-0.05, 0) is 30.2 Å². The summed E-state index contributed by atoms with van der Waals surface area (Å²) in [6, 6.07) is 17.4. The maximum Gasteiger partial charge on any atom is 0.302 e. The van der Waals surface area contributed by atoms with Gasteiger partial charge in [-0.25, -0.2) is 0 Å². The van der Waals surface area contributed by atoms with Gasteiger partial charge in [0.25, 0.3) is 5.91 Å². The molecular weight excluding hydrogens is 278 g/mol. The monoisotopic (exact) mass is 297 g/mol. The lowest BCUT2D eigenvalue weighted by atomic mass is 10.0. The second-order valence-corrected chi connectivity index (χ2v) is 5.07. The number of carbonyl (C=O) groups excluding carboxylic acids is 2. The van der Waals surface area contributed by atoms with Crippen LogP contribution >= 0.6 is 0 Å². The number of nitrogens with one attached hydrogen (secondary N) is 1. The molecule has 22 heavy (non-hydrogen) atoms. The molecule has 0 radical (unpaired) electrons. The minimum absolute atomic E-state index is 0.182. The number of rotatable bonds is 5. The van der Waals surface area contributed by atoms with Crippen LogP contribution < -0.4 is 5.32 Å². The number of hydrogen-bond acceptors (Lipinski definition) is 3. The SMILES string of the molecule is CC(=O)O[C@@H](C)CNC(=O)c1ccc(-c2ccccc2)cc1. The second kappa shape index (κ2) is 7.41. The lowest BCUT2D eigenvalue weighted by molar-refractivity contribution is -0.145. The van der Waals surface area contributed by atoms with E-state index in [1.54, 1.807) is 19.1 Å².